The van der Waals surface area contributed by atoms with Gasteiger partial charge in [0.1, 0.15) is 0 Å². The van der Waals surface area contributed by atoms with Crippen molar-refractivity contribution in [3.05, 3.63) is 35.9 Å². The highest BCUT2D eigenvalue weighted by atomic mass is 32.2. The zero-order valence-corrected chi connectivity index (χ0v) is 10.8. The molecule has 0 unspecified atom stereocenters. The van der Waals surface area contributed by atoms with Gasteiger partial charge in [-0.3, -0.25) is 9.59 Å². The van der Waals surface area contributed by atoms with Gasteiger partial charge in [0.2, 0.25) is 15.9 Å². The van der Waals surface area contributed by atoms with Crippen molar-refractivity contribution in [2.45, 2.75) is 6.54 Å². The minimum absolute atomic E-state index is 0.278. The number of amides is 1. The zero-order valence-electron chi connectivity index (χ0n) is 10.00. The van der Waals surface area contributed by atoms with Crippen molar-refractivity contribution < 1.29 is 23.1 Å². The van der Waals surface area contributed by atoms with E-state index in [9.17, 15) is 18.0 Å². The van der Waals surface area contributed by atoms with Crippen molar-refractivity contribution in [3.8, 4) is 0 Å². The molecule has 0 aliphatic heterocycles. The number of carbonyl (C=O) groups is 2. The fourth-order valence-corrected chi connectivity index (χ4v) is 2.03. The molecule has 0 saturated carbocycles. The number of carbonyl (C=O) groups excluding carboxylic acids is 1. The Labute approximate surface area is 110 Å². The molecule has 0 aliphatic rings. The van der Waals surface area contributed by atoms with E-state index in [0.29, 0.717) is 0 Å². The van der Waals surface area contributed by atoms with Crippen LogP contribution in [0.5, 0.6) is 0 Å². The predicted molar refractivity (Wildman–Crippen MR) is 67.7 cm³/mol. The number of carboxylic acid groups (broad SMARTS) is 1. The highest BCUT2D eigenvalue weighted by molar-refractivity contribution is 7.90. The molecule has 1 aromatic carbocycles. The molecule has 19 heavy (non-hydrogen) atoms. The van der Waals surface area contributed by atoms with E-state index in [1.165, 1.54) is 0 Å². The molecule has 0 heterocycles. The average molecular weight is 286 g/mol. The monoisotopic (exact) mass is 286 g/mol. The van der Waals surface area contributed by atoms with Crippen LogP contribution in [-0.2, 0) is 26.2 Å². The highest BCUT2D eigenvalue weighted by Gasteiger charge is 2.16. The summed E-state index contributed by atoms with van der Waals surface area (Å²) in [7, 11) is -3.97. The highest BCUT2D eigenvalue weighted by Crippen LogP contribution is 1.96. The molecule has 7 nitrogen and oxygen atoms in total. The van der Waals surface area contributed by atoms with Crippen LogP contribution in [0.1, 0.15) is 5.56 Å². The summed E-state index contributed by atoms with van der Waals surface area (Å²) in [5.41, 5.74) is 0.879. The number of aliphatic carboxylic acids is 1. The standard InChI is InChI=1S/C11H14N2O5S/c14-10(7-13-19(17,18)8-11(15)16)12-6-9-4-2-1-3-5-9/h1-5,13H,6-8H2,(H,12,14)(H,15,16). The summed E-state index contributed by atoms with van der Waals surface area (Å²) in [5.74, 6) is -3.06. The minimum atomic E-state index is -3.97. The Balaban J connectivity index is 2.34. The Kier molecular flexibility index (Phi) is 5.46. The summed E-state index contributed by atoms with van der Waals surface area (Å²) in [5, 5.41) is 10.9. The van der Waals surface area contributed by atoms with E-state index in [1.54, 1.807) is 0 Å². The van der Waals surface area contributed by atoms with E-state index < -0.39 is 34.2 Å². The number of hydrogen-bond donors (Lipinski definition) is 3. The summed E-state index contributed by atoms with van der Waals surface area (Å²) in [4.78, 5) is 21.6. The molecule has 8 heteroatoms. The van der Waals surface area contributed by atoms with E-state index in [4.69, 9.17) is 5.11 Å². The molecule has 0 aliphatic carbocycles. The summed E-state index contributed by atoms with van der Waals surface area (Å²) < 4.78 is 24.2. The largest absolute Gasteiger partial charge is 0.480 e. The average Bonchev–Trinajstić information content (AvgIpc) is 2.34. The van der Waals surface area contributed by atoms with Gasteiger partial charge in [0.05, 0.1) is 6.54 Å². The minimum Gasteiger partial charge on any atom is -0.480 e. The van der Waals surface area contributed by atoms with Gasteiger partial charge in [-0.1, -0.05) is 30.3 Å². The second kappa shape index (κ2) is 6.86. The number of benzene rings is 1. The molecule has 1 aromatic rings. The van der Waals surface area contributed by atoms with Crippen LogP contribution in [0.3, 0.4) is 0 Å². The molecule has 0 radical (unpaired) electrons. The van der Waals surface area contributed by atoms with Crippen molar-refractivity contribution in [1.82, 2.24) is 10.0 Å². The van der Waals surface area contributed by atoms with Gasteiger partial charge < -0.3 is 10.4 Å². The van der Waals surface area contributed by atoms with E-state index in [2.05, 4.69) is 5.32 Å². The third-order valence-electron chi connectivity index (χ3n) is 2.10. The van der Waals surface area contributed by atoms with Crippen molar-refractivity contribution >= 4 is 21.9 Å². The Hall–Kier alpha value is -1.93. The summed E-state index contributed by atoms with van der Waals surface area (Å²) >= 11 is 0. The van der Waals surface area contributed by atoms with Gasteiger partial charge in [-0.25, -0.2) is 13.1 Å². The maximum absolute atomic E-state index is 11.4. The van der Waals surface area contributed by atoms with Crippen molar-refractivity contribution in [2.75, 3.05) is 12.3 Å². The van der Waals surface area contributed by atoms with E-state index in [1.807, 2.05) is 35.1 Å². The lowest BCUT2D eigenvalue weighted by atomic mass is 10.2. The smallest absolute Gasteiger partial charge is 0.320 e. The van der Waals surface area contributed by atoms with E-state index in [0.717, 1.165) is 5.56 Å². The predicted octanol–water partition coefficient (Wildman–Crippen LogP) is -0.693. The lowest BCUT2D eigenvalue weighted by molar-refractivity contribution is -0.134. The molecule has 1 amide bonds. The first-order valence-corrected chi connectivity index (χ1v) is 7.04. The SMILES string of the molecule is O=C(O)CS(=O)(=O)NCC(=O)NCc1ccccc1. The second-order valence-corrected chi connectivity index (χ2v) is 5.54. The van der Waals surface area contributed by atoms with Gasteiger partial charge in [-0.2, -0.15) is 0 Å². The quantitative estimate of drug-likeness (QED) is 0.614. The van der Waals surface area contributed by atoms with E-state index in [-0.39, 0.29) is 6.54 Å². The van der Waals surface area contributed by atoms with Crippen LogP contribution < -0.4 is 10.0 Å². The zero-order chi connectivity index (χ0) is 14.3. The number of carboxylic acids is 1. The third kappa shape index (κ3) is 6.53. The van der Waals surface area contributed by atoms with Crippen LogP contribution in [0.25, 0.3) is 0 Å². The van der Waals surface area contributed by atoms with Crippen LogP contribution in [0.2, 0.25) is 0 Å². The molecule has 0 atom stereocenters. The van der Waals surface area contributed by atoms with E-state index >= 15 is 0 Å². The lowest BCUT2D eigenvalue weighted by Gasteiger charge is -2.06. The van der Waals surface area contributed by atoms with Crippen LogP contribution >= 0.6 is 0 Å². The van der Waals surface area contributed by atoms with Gasteiger partial charge in [-0.05, 0) is 5.56 Å². The molecule has 0 saturated heterocycles. The van der Waals surface area contributed by atoms with Crippen LogP contribution in [0.15, 0.2) is 30.3 Å². The number of rotatable bonds is 7. The van der Waals surface area contributed by atoms with Gasteiger partial charge in [0, 0.05) is 6.54 Å². The molecule has 0 spiro atoms. The number of hydrogen-bond acceptors (Lipinski definition) is 4. The number of nitrogens with one attached hydrogen (secondary N) is 2. The summed E-state index contributed by atoms with van der Waals surface area (Å²) in [6.45, 7) is -0.206. The molecule has 1 rings (SSSR count). The molecular formula is C11H14N2O5S. The third-order valence-corrected chi connectivity index (χ3v) is 3.31. The number of sulfonamides is 1. The lowest BCUT2D eigenvalue weighted by Crippen LogP contribution is -2.38. The van der Waals surface area contributed by atoms with Crippen LogP contribution in [-0.4, -0.2) is 37.7 Å². The summed E-state index contributed by atoms with van der Waals surface area (Å²) in [6.07, 6.45) is 0. The van der Waals surface area contributed by atoms with Crippen molar-refractivity contribution in [3.63, 3.8) is 0 Å². The first-order valence-electron chi connectivity index (χ1n) is 5.39. The topological polar surface area (TPSA) is 113 Å². The Morgan fingerprint density at radius 3 is 2.37 bits per heavy atom. The first kappa shape index (κ1) is 15.1. The first-order chi connectivity index (χ1) is 8.89. The molecule has 3 N–H and O–H groups in total. The Bertz CT molecular complexity index is 541. The van der Waals surface area contributed by atoms with Crippen LogP contribution in [0, 0.1) is 0 Å². The maximum atomic E-state index is 11.4. The van der Waals surface area contributed by atoms with Gasteiger partial charge in [-0.15, -0.1) is 0 Å². The molecule has 0 fully saturated rings. The van der Waals surface area contributed by atoms with Gasteiger partial charge in [0.25, 0.3) is 0 Å². The summed E-state index contributed by atoms with van der Waals surface area (Å²) in [6, 6.07) is 9.10. The molecule has 0 aromatic heterocycles. The maximum Gasteiger partial charge on any atom is 0.320 e. The fraction of sp³-hybridized carbons (Fsp3) is 0.273. The van der Waals surface area contributed by atoms with Crippen molar-refractivity contribution in [2.24, 2.45) is 0 Å². The Morgan fingerprint density at radius 2 is 1.79 bits per heavy atom. The Morgan fingerprint density at radius 1 is 1.16 bits per heavy atom. The van der Waals surface area contributed by atoms with Gasteiger partial charge in [0.15, 0.2) is 5.75 Å². The fourth-order valence-electron chi connectivity index (χ4n) is 1.25. The van der Waals surface area contributed by atoms with Crippen molar-refractivity contribution in [1.29, 1.82) is 0 Å². The van der Waals surface area contributed by atoms with Crippen LogP contribution in [0.4, 0.5) is 0 Å². The molecule has 104 valence electrons. The molecular weight excluding hydrogens is 272 g/mol. The molecule has 0 bridgehead atoms. The normalized spacial score (nSPS) is 10.9. The van der Waals surface area contributed by atoms with Gasteiger partial charge >= 0.3 is 5.97 Å². The second-order valence-electron chi connectivity index (χ2n) is 3.74.